The summed E-state index contributed by atoms with van der Waals surface area (Å²) < 4.78 is 4.89. The third-order valence-electron chi connectivity index (χ3n) is 4.81. The van der Waals surface area contributed by atoms with Crippen molar-refractivity contribution in [2.24, 2.45) is 5.92 Å². The molecule has 0 bridgehead atoms. The van der Waals surface area contributed by atoms with Gasteiger partial charge in [-0.05, 0) is 37.8 Å². The van der Waals surface area contributed by atoms with E-state index in [1.165, 1.54) is 19.2 Å². The Labute approximate surface area is 150 Å². The van der Waals surface area contributed by atoms with E-state index in [4.69, 9.17) is 16.3 Å². The number of nitrogens with zero attached hydrogens (tertiary/aromatic N) is 1. The molecule has 1 aromatic carbocycles. The zero-order valence-electron chi connectivity index (χ0n) is 14.2. The first-order chi connectivity index (χ1) is 11.8. The molecule has 2 rings (SSSR count). The average molecular weight is 369 g/mol. The van der Waals surface area contributed by atoms with Crippen LogP contribution in [-0.2, 0) is 9.53 Å². The lowest BCUT2D eigenvalue weighted by Crippen LogP contribution is -2.58. The second-order valence-electron chi connectivity index (χ2n) is 6.40. The number of hydrogen-bond acceptors (Lipinski definition) is 5. The van der Waals surface area contributed by atoms with Crippen LogP contribution in [0.1, 0.15) is 49.4 Å². The van der Waals surface area contributed by atoms with Crippen molar-refractivity contribution in [2.45, 2.75) is 44.6 Å². The van der Waals surface area contributed by atoms with Crippen LogP contribution in [0.15, 0.2) is 18.2 Å². The molecular formula is C17H21ClN2O5. The average Bonchev–Trinajstić information content (AvgIpc) is 2.61. The Bertz CT molecular complexity index is 688. The maximum atomic E-state index is 12.7. The number of nitro benzene ring substituents is 1. The summed E-state index contributed by atoms with van der Waals surface area (Å²) in [5.41, 5.74) is -1.78. The highest BCUT2D eigenvalue weighted by molar-refractivity contribution is 6.31. The van der Waals surface area contributed by atoms with Crippen molar-refractivity contribution in [3.8, 4) is 0 Å². The molecule has 0 radical (unpaired) electrons. The van der Waals surface area contributed by atoms with Crippen LogP contribution in [-0.4, -0.2) is 29.4 Å². The van der Waals surface area contributed by atoms with Gasteiger partial charge in [0, 0.05) is 11.1 Å². The van der Waals surface area contributed by atoms with Gasteiger partial charge in [-0.1, -0.05) is 30.9 Å². The van der Waals surface area contributed by atoms with Gasteiger partial charge in [-0.25, -0.2) is 4.79 Å². The van der Waals surface area contributed by atoms with E-state index in [9.17, 15) is 19.7 Å². The first-order valence-corrected chi connectivity index (χ1v) is 8.52. The van der Waals surface area contributed by atoms with E-state index in [0.717, 1.165) is 38.2 Å². The molecule has 7 nitrogen and oxygen atoms in total. The Kier molecular flexibility index (Phi) is 6.00. The molecule has 25 heavy (non-hydrogen) atoms. The van der Waals surface area contributed by atoms with Gasteiger partial charge in [0.15, 0.2) is 0 Å². The Morgan fingerprint density at radius 3 is 2.52 bits per heavy atom. The highest BCUT2D eigenvalue weighted by atomic mass is 35.5. The number of halogens is 1. The number of esters is 1. The number of methoxy groups -OCH3 is 1. The minimum Gasteiger partial charge on any atom is -0.467 e. The molecule has 136 valence electrons. The van der Waals surface area contributed by atoms with Crippen molar-refractivity contribution >= 4 is 29.2 Å². The fraction of sp³-hybridized carbons (Fsp3) is 0.529. The minimum atomic E-state index is -1.24. The monoisotopic (exact) mass is 368 g/mol. The topological polar surface area (TPSA) is 98.5 Å². The summed E-state index contributed by atoms with van der Waals surface area (Å²) in [7, 11) is 1.26. The second kappa shape index (κ2) is 7.82. The van der Waals surface area contributed by atoms with E-state index < -0.39 is 28.0 Å². The van der Waals surface area contributed by atoms with Crippen molar-refractivity contribution in [1.29, 1.82) is 0 Å². The van der Waals surface area contributed by atoms with Crippen LogP contribution >= 0.6 is 11.6 Å². The van der Waals surface area contributed by atoms with Gasteiger partial charge in [-0.2, -0.15) is 0 Å². The van der Waals surface area contributed by atoms with E-state index >= 15 is 0 Å². The minimum absolute atomic E-state index is 0.0796. The largest absolute Gasteiger partial charge is 0.467 e. The van der Waals surface area contributed by atoms with Crippen LogP contribution in [0.2, 0.25) is 5.02 Å². The van der Waals surface area contributed by atoms with E-state index in [0.29, 0.717) is 0 Å². The highest BCUT2D eigenvalue weighted by Crippen LogP contribution is 2.34. The molecule has 1 amide bonds. The number of ether oxygens (including phenoxy) is 1. The number of nitro groups is 1. The van der Waals surface area contributed by atoms with Crippen LogP contribution < -0.4 is 5.32 Å². The number of hydrogen-bond donors (Lipinski definition) is 1. The van der Waals surface area contributed by atoms with Crippen LogP contribution in [0.25, 0.3) is 0 Å². The molecule has 8 heteroatoms. The number of nitrogens with one attached hydrogen (secondary N) is 1. The summed E-state index contributed by atoms with van der Waals surface area (Å²) >= 11 is 5.78. The number of amides is 1. The zero-order chi connectivity index (χ0) is 18.6. The Balaban J connectivity index is 2.34. The van der Waals surface area contributed by atoms with Gasteiger partial charge in [0.05, 0.1) is 12.0 Å². The molecule has 0 saturated heterocycles. The van der Waals surface area contributed by atoms with Gasteiger partial charge >= 0.3 is 5.97 Å². The molecule has 1 fully saturated rings. The lowest BCUT2D eigenvalue weighted by molar-refractivity contribution is -0.385. The molecule has 0 aliphatic heterocycles. The van der Waals surface area contributed by atoms with E-state index in [2.05, 4.69) is 5.32 Å². The molecule has 0 heterocycles. The fourth-order valence-electron chi connectivity index (χ4n) is 3.36. The summed E-state index contributed by atoms with van der Waals surface area (Å²) in [6.07, 6.45) is 4.59. The standard InChI is InChI=1S/C17H21ClN2O5/c1-17(16(22)25-2,11-6-4-3-5-7-11)19-15(21)13-9-8-12(18)10-14(13)20(23)24/h8-11H,3-7H2,1-2H3,(H,19,21)/t17-/m0/s1. The Hall–Kier alpha value is -2.15. The molecule has 1 aromatic rings. The van der Waals surface area contributed by atoms with E-state index in [1.54, 1.807) is 6.92 Å². The molecular weight excluding hydrogens is 348 g/mol. The summed E-state index contributed by atoms with van der Waals surface area (Å²) in [4.78, 5) is 35.6. The lowest BCUT2D eigenvalue weighted by atomic mass is 9.75. The Morgan fingerprint density at radius 1 is 1.32 bits per heavy atom. The summed E-state index contributed by atoms with van der Waals surface area (Å²) in [6.45, 7) is 1.62. The number of rotatable bonds is 5. The van der Waals surface area contributed by atoms with Gasteiger partial charge in [-0.15, -0.1) is 0 Å². The van der Waals surface area contributed by atoms with Crippen molar-refractivity contribution in [2.75, 3.05) is 7.11 Å². The summed E-state index contributed by atoms with van der Waals surface area (Å²) in [6, 6.07) is 3.81. The third-order valence-corrected chi connectivity index (χ3v) is 5.04. The maximum Gasteiger partial charge on any atom is 0.331 e. The highest BCUT2D eigenvalue weighted by Gasteiger charge is 2.44. The van der Waals surface area contributed by atoms with Crippen LogP contribution in [0.3, 0.4) is 0 Å². The molecule has 0 aromatic heterocycles. The Morgan fingerprint density at radius 2 is 1.96 bits per heavy atom. The quantitative estimate of drug-likeness (QED) is 0.487. The van der Waals surface area contributed by atoms with Gasteiger partial charge in [-0.3, -0.25) is 14.9 Å². The van der Waals surface area contributed by atoms with Gasteiger partial charge in [0.25, 0.3) is 11.6 Å². The van der Waals surface area contributed by atoms with Crippen LogP contribution in [0.4, 0.5) is 5.69 Å². The first-order valence-electron chi connectivity index (χ1n) is 8.14. The predicted octanol–water partition coefficient (Wildman–Crippen LogP) is 3.49. The number of carbonyl (C=O) groups is 2. The van der Waals surface area contributed by atoms with E-state index in [-0.39, 0.29) is 16.5 Å². The van der Waals surface area contributed by atoms with Crippen LogP contribution in [0, 0.1) is 16.0 Å². The third kappa shape index (κ3) is 4.10. The molecule has 1 aliphatic carbocycles. The van der Waals surface area contributed by atoms with Gasteiger partial charge in [0.1, 0.15) is 11.1 Å². The van der Waals surface area contributed by atoms with E-state index in [1.807, 2.05) is 0 Å². The van der Waals surface area contributed by atoms with Crippen LogP contribution in [0.5, 0.6) is 0 Å². The normalized spacial score (nSPS) is 17.4. The summed E-state index contributed by atoms with van der Waals surface area (Å²) in [5, 5.41) is 14.1. The molecule has 1 atom stereocenters. The van der Waals surface area contributed by atoms with Crippen molar-refractivity contribution in [3.05, 3.63) is 38.9 Å². The van der Waals surface area contributed by atoms with Crippen molar-refractivity contribution in [3.63, 3.8) is 0 Å². The zero-order valence-corrected chi connectivity index (χ0v) is 15.0. The van der Waals surface area contributed by atoms with Crippen molar-refractivity contribution in [1.82, 2.24) is 5.32 Å². The molecule has 1 aliphatic rings. The predicted molar refractivity (Wildman–Crippen MR) is 92.6 cm³/mol. The summed E-state index contributed by atoms with van der Waals surface area (Å²) in [5.74, 6) is -1.32. The molecule has 0 spiro atoms. The number of benzene rings is 1. The molecule has 1 saturated carbocycles. The molecule has 1 N–H and O–H groups in total. The molecule has 0 unspecified atom stereocenters. The SMILES string of the molecule is COC(=O)[C@@](C)(NC(=O)c1ccc(Cl)cc1[N+](=O)[O-])C1CCCCC1. The maximum absolute atomic E-state index is 12.7. The first kappa shape index (κ1) is 19.2. The smallest absolute Gasteiger partial charge is 0.331 e. The van der Waals surface area contributed by atoms with Gasteiger partial charge < -0.3 is 10.1 Å². The lowest BCUT2D eigenvalue weighted by Gasteiger charge is -2.38. The second-order valence-corrected chi connectivity index (χ2v) is 6.84. The van der Waals surface area contributed by atoms with Crippen molar-refractivity contribution < 1.29 is 19.2 Å². The fourth-order valence-corrected chi connectivity index (χ4v) is 3.53. The number of carbonyl (C=O) groups excluding carboxylic acids is 2. The van der Waals surface area contributed by atoms with Gasteiger partial charge in [0.2, 0.25) is 0 Å².